The quantitative estimate of drug-likeness (QED) is 0.646. The SMILES string of the molecule is CN(C)[C@H]1CCC[C@H]1NC(=O)O. The van der Waals surface area contributed by atoms with Gasteiger partial charge in [0.15, 0.2) is 0 Å². The first-order valence-electron chi connectivity index (χ1n) is 4.27. The Morgan fingerprint density at radius 3 is 2.67 bits per heavy atom. The standard InChI is InChI=1S/C8H16N2O2/c1-10(2)7-5-3-4-6(7)9-8(11)12/h6-7,9H,3-5H2,1-2H3,(H,11,12)/t6-,7+/m1/s1. The van der Waals surface area contributed by atoms with Crippen molar-refractivity contribution in [1.82, 2.24) is 10.2 Å². The summed E-state index contributed by atoms with van der Waals surface area (Å²) >= 11 is 0. The normalized spacial score (nSPS) is 29.2. The number of carbonyl (C=O) groups is 1. The van der Waals surface area contributed by atoms with Gasteiger partial charge in [-0.15, -0.1) is 0 Å². The van der Waals surface area contributed by atoms with Gasteiger partial charge in [0.2, 0.25) is 0 Å². The second kappa shape index (κ2) is 3.76. The largest absolute Gasteiger partial charge is 0.465 e. The summed E-state index contributed by atoms with van der Waals surface area (Å²) in [5.74, 6) is 0. The zero-order valence-corrected chi connectivity index (χ0v) is 7.58. The summed E-state index contributed by atoms with van der Waals surface area (Å²) in [4.78, 5) is 12.5. The number of amides is 1. The van der Waals surface area contributed by atoms with Crippen molar-refractivity contribution in [3.63, 3.8) is 0 Å². The summed E-state index contributed by atoms with van der Waals surface area (Å²) in [5.41, 5.74) is 0. The molecular weight excluding hydrogens is 156 g/mol. The minimum absolute atomic E-state index is 0.123. The molecule has 1 aliphatic carbocycles. The minimum atomic E-state index is -0.909. The van der Waals surface area contributed by atoms with Crippen molar-refractivity contribution in [2.24, 2.45) is 0 Å². The van der Waals surface area contributed by atoms with Crippen molar-refractivity contribution < 1.29 is 9.90 Å². The Bertz CT molecular complexity index is 170. The van der Waals surface area contributed by atoms with Crippen LogP contribution in [0.2, 0.25) is 0 Å². The van der Waals surface area contributed by atoms with E-state index >= 15 is 0 Å². The second-order valence-corrected chi connectivity index (χ2v) is 3.52. The molecule has 0 heterocycles. The fourth-order valence-electron chi connectivity index (χ4n) is 1.89. The van der Waals surface area contributed by atoms with Crippen LogP contribution >= 0.6 is 0 Å². The Balaban J connectivity index is 2.46. The van der Waals surface area contributed by atoms with E-state index in [-0.39, 0.29) is 6.04 Å². The molecule has 0 radical (unpaired) electrons. The maximum Gasteiger partial charge on any atom is 0.404 e. The summed E-state index contributed by atoms with van der Waals surface area (Å²) in [6.07, 6.45) is 2.27. The van der Waals surface area contributed by atoms with Gasteiger partial charge in [-0.25, -0.2) is 4.79 Å². The molecule has 0 aromatic heterocycles. The van der Waals surface area contributed by atoms with Gasteiger partial charge >= 0.3 is 6.09 Å². The Morgan fingerprint density at radius 2 is 2.17 bits per heavy atom. The van der Waals surface area contributed by atoms with Gasteiger partial charge in [-0.05, 0) is 33.4 Å². The van der Waals surface area contributed by atoms with Gasteiger partial charge in [-0.2, -0.15) is 0 Å². The summed E-state index contributed by atoms with van der Waals surface area (Å²) < 4.78 is 0. The molecule has 0 aromatic rings. The van der Waals surface area contributed by atoms with Crippen molar-refractivity contribution in [2.75, 3.05) is 14.1 Å². The Hall–Kier alpha value is -0.770. The van der Waals surface area contributed by atoms with Crippen LogP contribution in [0, 0.1) is 0 Å². The first kappa shape index (κ1) is 9.32. The molecule has 1 fully saturated rings. The zero-order valence-electron chi connectivity index (χ0n) is 7.58. The lowest BCUT2D eigenvalue weighted by Crippen LogP contribution is -2.45. The number of carboxylic acid groups (broad SMARTS) is 1. The van der Waals surface area contributed by atoms with E-state index in [0.717, 1.165) is 19.3 Å². The molecule has 1 amide bonds. The van der Waals surface area contributed by atoms with Gasteiger partial charge in [-0.1, -0.05) is 0 Å². The summed E-state index contributed by atoms with van der Waals surface area (Å²) in [6.45, 7) is 0. The Morgan fingerprint density at radius 1 is 1.50 bits per heavy atom. The third kappa shape index (κ3) is 2.11. The summed E-state index contributed by atoms with van der Waals surface area (Å²) in [6, 6.07) is 0.499. The molecule has 0 spiro atoms. The van der Waals surface area contributed by atoms with E-state index in [0.29, 0.717) is 6.04 Å². The van der Waals surface area contributed by atoms with E-state index in [1.165, 1.54) is 0 Å². The third-order valence-corrected chi connectivity index (χ3v) is 2.45. The van der Waals surface area contributed by atoms with Crippen LogP contribution in [-0.2, 0) is 0 Å². The molecule has 0 saturated heterocycles. The van der Waals surface area contributed by atoms with Gasteiger partial charge in [0, 0.05) is 12.1 Å². The number of hydrogen-bond acceptors (Lipinski definition) is 2. The van der Waals surface area contributed by atoms with Crippen molar-refractivity contribution >= 4 is 6.09 Å². The first-order chi connectivity index (χ1) is 5.61. The minimum Gasteiger partial charge on any atom is -0.465 e. The zero-order chi connectivity index (χ0) is 9.14. The molecule has 1 aliphatic rings. The highest BCUT2D eigenvalue weighted by Crippen LogP contribution is 2.22. The number of nitrogens with zero attached hydrogens (tertiary/aromatic N) is 1. The van der Waals surface area contributed by atoms with Crippen LogP contribution in [0.4, 0.5) is 4.79 Å². The van der Waals surface area contributed by atoms with E-state index in [9.17, 15) is 4.79 Å². The van der Waals surface area contributed by atoms with Crippen LogP contribution in [-0.4, -0.2) is 42.3 Å². The van der Waals surface area contributed by atoms with Gasteiger partial charge in [-0.3, -0.25) is 0 Å². The molecule has 0 aromatic carbocycles. The van der Waals surface area contributed by atoms with Crippen LogP contribution in [0.1, 0.15) is 19.3 Å². The topological polar surface area (TPSA) is 52.6 Å². The molecule has 12 heavy (non-hydrogen) atoms. The van der Waals surface area contributed by atoms with Gasteiger partial charge in [0.1, 0.15) is 0 Å². The maximum atomic E-state index is 10.4. The Kier molecular flexibility index (Phi) is 2.92. The molecule has 0 bridgehead atoms. The summed E-state index contributed by atoms with van der Waals surface area (Å²) in [7, 11) is 3.99. The smallest absolute Gasteiger partial charge is 0.404 e. The van der Waals surface area contributed by atoms with Crippen molar-refractivity contribution in [1.29, 1.82) is 0 Å². The lowest BCUT2D eigenvalue weighted by Gasteiger charge is -2.25. The molecule has 4 nitrogen and oxygen atoms in total. The van der Waals surface area contributed by atoms with E-state index in [1.54, 1.807) is 0 Å². The van der Waals surface area contributed by atoms with Gasteiger partial charge in [0.25, 0.3) is 0 Å². The number of rotatable bonds is 2. The van der Waals surface area contributed by atoms with Crippen molar-refractivity contribution in [2.45, 2.75) is 31.3 Å². The molecule has 4 heteroatoms. The molecule has 1 rings (SSSR count). The lowest BCUT2D eigenvalue weighted by atomic mass is 10.1. The molecule has 0 unspecified atom stereocenters. The molecular formula is C8H16N2O2. The monoisotopic (exact) mass is 172 g/mol. The highest BCUT2D eigenvalue weighted by atomic mass is 16.4. The van der Waals surface area contributed by atoms with Crippen LogP contribution in [0.15, 0.2) is 0 Å². The van der Waals surface area contributed by atoms with Crippen LogP contribution in [0.25, 0.3) is 0 Å². The highest BCUT2D eigenvalue weighted by molar-refractivity contribution is 5.65. The highest BCUT2D eigenvalue weighted by Gasteiger charge is 2.29. The van der Waals surface area contributed by atoms with Crippen LogP contribution in [0.3, 0.4) is 0 Å². The fourth-order valence-corrected chi connectivity index (χ4v) is 1.89. The molecule has 2 atom stereocenters. The van der Waals surface area contributed by atoms with Crippen molar-refractivity contribution in [3.8, 4) is 0 Å². The number of nitrogens with one attached hydrogen (secondary N) is 1. The molecule has 0 aliphatic heterocycles. The van der Waals surface area contributed by atoms with E-state index in [1.807, 2.05) is 14.1 Å². The van der Waals surface area contributed by atoms with E-state index < -0.39 is 6.09 Å². The van der Waals surface area contributed by atoms with Crippen LogP contribution in [0.5, 0.6) is 0 Å². The third-order valence-electron chi connectivity index (χ3n) is 2.45. The van der Waals surface area contributed by atoms with Gasteiger partial charge in [0.05, 0.1) is 0 Å². The predicted molar refractivity (Wildman–Crippen MR) is 46.3 cm³/mol. The maximum absolute atomic E-state index is 10.4. The van der Waals surface area contributed by atoms with Crippen molar-refractivity contribution in [3.05, 3.63) is 0 Å². The number of likely N-dealkylation sites (N-methyl/N-ethyl adjacent to an activating group) is 1. The molecule has 70 valence electrons. The lowest BCUT2D eigenvalue weighted by molar-refractivity contribution is 0.179. The first-order valence-corrected chi connectivity index (χ1v) is 4.27. The molecule has 1 saturated carbocycles. The molecule has 2 N–H and O–H groups in total. The van der Waals surface area contributed by atoms with E-state index in [4.69, 9.17) is 5.11 Å². The van der Waals surface area contributed by atoms with Gasteiger partial charge < -0.3 is 15.3 Å². The average Bonchev–Trinajstić information content (AvgIpc) is 2.33. The van der Waals surface area contributed by atoms with Crippen LogP contribution < -0.4 is 5.32 Å². The van der Waals surface area contributed by atoms with E-state index in [2.05, 4.69) is 10.2 Å². The Labute approximate surface area is 72.6 Å². The fraction of sp³-hybridized carbons (Fsp3) is 0.875. The predicted octanol–water partition coefficient (Wildman–Crippen LogP) is 0.737. The second-order valence-electron chi connectivity index (χ2n) is 3.52. The number of hydrogen-bond donors (Lipinski definition) is 2. The average molecular weight is 172 g/mol. The summed E-state index contributed by atoms with van der Waals surface area (Å²) in [5, 5.41) is 11.1.